The van der Waals surface area contributed by atoms with Gasteiger partial charge in [-0.3, -0.25) is 10.1 Å². The molecule has 2 aromatic rings. The number of benzene rings is 1. The summed E-state index contributed by atoms with van der Waals surface area (Å²) in [6.45, 7) is 0. The van der Waals surface area contributed by atoms with Gasteiger partial charge in [0.2, 0.25) is 0 Å². The van der Waals surface area contributed by atoms with Crippen molar-refractivity contribution in [2.45, 2.75) is 25.4 Å². The molecule has 1 aromatic heterocycles. The number of fused-ring (bicyclic) bond motifs is 1. The lowest BCUT2D eigenvalue weighted by molar-refractivity contribution is -0.385. The lowest BCUT2D eigenvalue weighted by atomic mass is 9.95. The van der Waals surface area contributed by atoms with Crippen molar-refractivity contribution in [3.05, 3.63) is 51.8 Å². The summed E-state index contributed by atoms with van der Waals surface area (Å²) in [5, 5.41) is 21.1. The van der Waals surface area contributed by atoms with E-state index in [0.29, 0.717) is 5.69 Å². The van der Waals surface area contributed by atoms with E-state index in [1.165, 1.54) is 13.2 Å². The molecule has 0 bridgehead atoms. The van der Waals surface area contributed by atoms with E-state index in [-0.39, 0.29) is 11.4 Å². The van der Waals surface area contributed by atoms with Gasteiger partial charge in [-0.05, 0) is 37.5 Å². The summed E-state index contributed by atoms with van der Waals surface area (Å²) in [4.78, 5) is 10.7. The third-order valence-corrected chi connectivity index (χ3v) is 3.91. The zero-order chi connectivity index (χ0) is 15.0. The van der Waals surface area contributed by atoms with Crippen molar-refractivity contribution >= 4 is 5.69 Å². The van der Waals surface area contributed by atoms with E-state index in [9.17, 15) is 15.2 Å². The molecule has 1 atom stereocenters. The first kappa shape index (κ1) is 13.6. The second kappa shape index (κ2) is 5.21. The molecule has 3 rings (SSSR count). The Morgan fingerprint density at radius 2 is 2.24 bits per heavy atom. The molecule has 1 aliphatic carbocycles. The second-order valence-electron chi connectivity index (χ2n) is 5.11. The van der Waals surface area contributed by atoms with Crippen LogP contribution in [0.15, 0.2) is 30.5 Å². The number of ether oxygens (including phenoxy) is 1. The minimum atomic E-state index is -0.451. The SMILES string of the molecule is COc1ccc(-n2ccc3c2CCCC3O)cc1[N+](=O)[O-]. The molecule has 1 aromatic carbocycles. The standard InChI is InChI=1S/C15H16N2O4/c1-21-15-6-5-10(9-13(15)17(19)20)16-8-7-11-12(16)3-2-4-14(11)18/h5-9,14,18H,2-4H2,1H3. The van der Waals surface area contributed by atoms with Crippen molar-refractivity contribution < 1.29 is 14.8 Å². The van der Waals surface area contributed by atoms with Crippen LogP contribution in [0.1, 0.15) is 30.2 Å². The van der Waals surface area contributed by atoms with E-state index >= 15 is 0 Å². The molecule has 0 spiro atoms. The molecule has 21 heavy (non-hydrogen) atoms. The highest BCUT2D eigenvalue weighted by Crippen LogP contribution is 2.34. The van der Waals surface area contributed by atoms with E-state index in [1.807, 2.05) is 16.8 Å². The molecule has 0 saturated heterocycles. The number of nitro benzene ring substituents is 1. The van der Waals surface area contributed by atoms with Crippen LogP contribution in [-0.4, -0.2) is 21.7 Å². The number of aliphatic hydroxyl groups excluding tert-OH is 1. The quantitative estimate of drug-likeness (QED) is 0.696. The largest absolute Gasteiger partial charge is 0.490 e. The number of hydrogen-bond donors (Lipinski definition) is 1. The molecule has 0 aliphatic heterocycles. The first-order chi connectivity index (χ1) is 10.1. The van der Waals surface area contributed by atoms with E-state index in [4.69, 9.17) is 4.74 Å². The molecule has 6 heteroatoms. The number of methoxy groups -OCH3 is 1. The van der Waals surface area contributed by atoms with Crippen LogP contribution in [0.25, 0.3) is 5.69 Å². The van der Waals surface area contributed by atoms with Crippen LogP contribution in [0.2, 0.25) is 0 Å². The number of hydrogen-bond acceptors (Lipinski definition) is 4. The zero-order valence-electron chi connectivity index (χ0n) is 11.7. The van der Waals surface area contributed by atoms with Gasteiger partial charge < -0.3 is 14.4 Å². The van der Waals surface area contributed by atoms with Gasteiger partial charge in [0.05, 0.1) is 23.8 Å². The van der Waals surface area contributed by atoms with Gasteiger partial charge in [0.1, 0.15) is 0 Å². The molecular formula is C15H16N2O4. The summed E-state index contributed by atoms with van der Waals surface area (Å²) in [5.74, 6) is 0.241. The van der Waals surface area contributed by atoms with Gasteiger partial charge in [-0.15, -0.1) is 0 Å². The Balaban J connectivity index is 2.09. The number of nitrogens with zero attached hydrogens (tertiary/aromatic N) is 2. The molecule has 1 N–H and O–H groups in total. The topological polar surface area (TPSA) is 77.5 Å². The van der Waals surface area contributed by atoms with Crippen LogP contribution in [0.5, 0.6) is 5.75 Å². The predicted molar refractivity (Wildman–Crippen MR) is 76.9 cm³/mol. The summed E-state index contributed by atoms with van der Waals surface area (Å²) >= 11 is 0. The minimum Gasteiger partial charge on any atom is -0.490 e. The highest BCUT2D eigenvalue weighted by atomic mass is 16.6. The molecule has 1 unspecified atom stereocenters. The van der Waals surface area contributed by atoms with Crippen molar-refractivity contribution in [1.29, 1.82) is 0 Å². The molecule has 0 amide bonds. The Morgan fingerprint density at radius 1 is 1.43 bits per heavy atom. The van der Waals surface area contributed by atoms with Gasteiger partial charge in [0.25, 0.3) is 0 Å². The Kier molecular flexibility index (Phi) is 3.39. The normalized spacial score (nSPS) is 17.3. The Hall–Kier alpha value is -2.34. The molecule has 6 nitrogen and oxygen atoms in total. The van der Waals surface area contributed by atoms with Crippen LogP contribution in [0, 0.1) is 10.1 Å². The molecule has 110 valence electrons. The van der Waals surface area contributed by atoms with Crippen molar-refractivity contribution in [3.8, 4) is 11.4 Å². The van der Waals surface area contributed by atoms with Crippen molar-refractivity contribution in [2.24, 2.45) is 0 Å². The van der Waals surface area contributed by atoms with Crippen LogP contribution in [-0.2, 0) is 6.42 Å². The summed E-state index contributed by atoms with van der Waals surface area (Å²) in [5.41, 5.74) is 2.58. The first-order valence-corrected chi connectivity index (χ1v) is 6.83. The number of rotatable bonds is 3. The Bertz CT molecular complexity index is 693. The van der Waals surface area contributed by atoms with Crippen LogP contribution < -0.4 is 4.74 Å². The third kappa shape index (κ3) is 2.27. The van der Waals surface area contributed by atoms with Crippen molar-refractivity contribution in [1.82, 2.24) is 4.57 Å². The van der Waals surface area contributed by atoms with Gasteiger partial charge in [0.15, 0.2) is 5.75 Å². The maximum absolute atomic E-state index is 11.1. The van der Waals surface area contributed by atoms with E-state index in [0.717, 1.165) is 30.5 Å². The highest BCUT2D eigenvalue weighted by molar-refractivity contribution is 5.54. The second-order valence-corrected chi connectivity index (χ2v) is 5.11. The molecule has 0 saturated carbocycles. The van der Waals surface area contributed by atoms with Gasteiger partial charge in [-0.25, -0.2) is 0 Å². The molecular weight excluding hydrogens is 272 g/mol. The monoisotopic (exact) mass is 288 g/mol. The third-order valence-electron chi connectivity index (χ3n) is 3.91. The Morgan fingerprint density at radius 3 is 2.95 bits per heavy atom. The van der Waals surface area contributed by atoms with Crippen molar-refractivity contribution in [2.75, 3.05) is 7.11 Å². The number of nitro groups is 1. The van der Waals surface area contributed by atoms with E-state index < -0.39 is 11.0 Å². The average Bonchev–Trinajstić information content (AvgIpc) is 2.92. The van der Waals surface area contributed by atoms with Gasteiger partial charge in [-0.1, -0.05) is 0 Å². The maximum Gasteiger partial charge on any atom is 0.312 e. The highest BCUT2D eigenvalue weighted by Gasteiger charge is 2.23. The summed E-state index contributed by atoms with van der Waals surface area (Å²) in [7, 11) is 1.41. The first-order valence-electron chi connectivity index (χ1n) is 6.83. The minimum absolute atomic E-state index is 0.0613. The predicted octanol–water partition coefficient (Wildman–Crippen LogP) is 2.76. The molecule has 0 radical (unpaired) electrons. The lowest BCUT2D eigenvalue weighted by Gasteiger charge is -2.20. The number of aliphatic hydroxyl groups is 1. The molecule has 0 fully saturated rings. The van der Waals surface area contributed by atoms with Gasteiger partial charge in [0, 0.05) is 23.5 Å². The maximum atomic E-state index is 11.1. The summed E-state index contributed by atoms with van der Waals surface area (Å²) < 4.78 is 6.92. The number of aromatic nitrogens is 1. The van der Waals surface area contributed by atoms with E-state index in [2.05, 4.69) is 0 Å². The Labute approximate surface area is 121 Å². The zero-order valence-corrected chi connectivity index (χ0v) is 11.7. The molecule has 1 heterocycles. The van der Waals surface area contributed by atoms with Crippen molar-refractivity contribution in [3.63, 3.8) is 0 Å². The molecule has 1 aliphatic rings. The fraction of sp³-hybridized carbons (Fsp3) is 0.333. The fourth-order valence-electron chi connectivity index (χ4n) is 2.88. The van der Waals surface area contributed by atoms with Gasteiger partial charge in [-0.2, -0.15) is 0 Å². The van der Waals surface area contributed by atoms with Crippen LogP contribution >= 0.6 is 0 Å². The summed E-state index contributed by atoms with van der Waals surface area (Å²) in [6.07, 6.45) is 3.95. The van der Waals surface area contributed by atoms with Crippen LogP contribution in [0.3, 0.4) is 0 Å². The van der Waals surface area contributed by atoms with Crippen LogP contribution in [0.4, 0.5) is 5.69 Å². The smallest absolute Gasteiger partial charge is 0.312 e. The van der Waals surface area contributed by atoms with E-state index in [1.54, 1.807) is 12.1 Å². The average molecular weight is 288 g/mol. The lowest BCUT2D eigenvalue weighted by Crippen LogP contribution is -2.11. The van der Waals surface area contributed by atoms with Gasteiger partial charge >= 0.3 is 5.69 Å². The summed E-state index contributed by atoms with van der Waals surface area (Å²) in [6, 6.07) is 6.77. The fourth-order valence-corrected chi connectivity index (χ4v) is 2.88.